The Morgan fingerprint density at radius 1 is 1.18 bits per heavy atom. The number of nitrogens with zero attached hydrogens (tertiary/aromatic N) is 4. The van der Waals surface area contributed by atoms with Crippen LogP contribution in [0.4, 0.5) is 0 Å². The van der Waals surface area contributed by atoms with Gasteiger partial charge in [-0.05, 0) is 45.4 Å². The summed E-state index contributed by atoms with van der Waals surface area (Å²) in [4.78, 5) is 20.6. The summed E-state index contributed by atoms with van der Waals surface area (Å²) in [6.45, 7) is 8.96. The minimum atomic E-state index is -3.75. The average Bonchev–Trinajstić information content (AvgIpc) is 3.09. The molecule has 10 nitrogen and oxygen atoms in total. The zero-order chi connectivity index (χ0) is 24.6. The molecule has 0 radical (unpaired) electrons. The number of piperazine rings is 1. The van der Waals surface area contributed by atoms with Gasteiger partial charge in [0.15, 0.2) is 5.52 Å². The predicted molar refractivity (Wildman–Crippen MR) is 131 cm³/mol. The number of aromatic nitrogens is 4. The lowest BCUT2D eigenvalue weighted by atomic mass is 10.1. The van der Waals surface area contributed by atoms with Gasteiger partial charge in [0.2, 0.25) is 10.0 Å². The number of hydrogen-bond donors (Lipinski definition) is 2. The van der Waals surface area contributed by atoms with Crippen molar-refractivity contribution in [3.63, 3.8) is 0 Å². The lowest BCUT2D eigenvalue weighted by Crippen LogP contribution is -2.55. The van der Waals surface area contributed by atoms with E-state index in [1.54, 1.807) is 19.2 Å². The van der Waals surface area contributed by atoms with Crippen molar-refractivity contribution in [3.8, 4) is 17.1 Å². The largest absolute Gasteiger partial charge is 0.493 e. The minimum Gasteiger partial charge on any atom is -0.493 e. The number of fused-ring (bicyclic) bond motifs is 1. The molecule has 0 amide bonds. The molecule has 0 bridgehead atoms. The molecular weight excluding hydrogens is 456 g/mol. The van der Waals surface area contributed by atoms with E-state index < -0.39 is 10.0 Å². The van der Waals surface area contributed by atoms with Gasteiger partial charge in [-0.1, -0.05) is 13.3 Å². The van der Waals surface area contributed by atoms with Gasteiger partial charge in [0, 0.05) is 32.2 Å². The van der Waals surface area contributed by atoms with Gasteiger partial charge < -0.3 is 15.0 Å². The monoisotopic (exact) mass is 488 g/mol. The van der Waals surface area contributed by atoms with E-state index in [0.717, 1.165) is 12.1 Å². The Labute approximate surface area is 199 Å². The van der Waals surface area contributed by atoms with Crippen molar-refractivity contribution in [3.05, 3.63) is 34.2 Å². The molecule has 11 heteroatoms. The van der Waals surface area contributed by atoms with E-state index in [1.807, 2.05) is 27.7 Å². The number of rotatable bonds is 7. The average molecular weight is 489 g/mol. The molecule has 3 heterocycles. The van der Waals surface area contributed by atoms with Crippen LogP contribution in [-0.4, -0.2) is 64.3 Å². The van der Waals surface area contributed by atoms with Crippen LogP contribution in [0.5, 0.6) is 5.75 Å². The summed E-state index contributed by atoms with van der Waals surface area (Å²) in [5.41, 5.74) is 1.72. The third-order valence-electron chi connectivity index (χ3n) is 5.92. The summed E-state index contributed by atoms with van der Waals surface area (Å²) in [6, 6.07) is 4.80. The van der Waals surface area contributed by atoms with Gasteiger partial charge in [-0.3, -0.25) is 9.48 Å². The van der Waals surface area contributed by atoms with Crippen LogP contribution in [-0.2, 0) is 23.5 Å². The Morgan fingerprint density at radius 3 is 2.53 bits per heavy atom. The van der Waals surface area contributed by atoms with Gasteiger partial charge in [-0.15, -0.1) is 0 Å². The molecule has 1 fully saturated rings. The fraction of sp³-hybridized carbons (Fsp3) is 0.522. The van der Waals surface area contributed by atoms with E-state index >= 15 is 0 Å². The van der Waals surface area contributed by atoms with Crippen LogP contribution in [0.25, 0.3) is 22.4 Å². The molecule has 1 aromatic carbocycles. The summed E-state index contributed by atoms with van der Waals surface area (Å²) < 4.78 is 35.8. The fourth-order valence-corrected chi connectivity index (χ4v) is 6.18. The minimum absolute atomic E-state index is 0.0451. The molecule has 3 aromatic rings. The van der Waals surface area contributed by atoms with Crippen molar-refractivity contribution < 1.29 is 13.2 Å². The molecule has 1 aliphatic rings. The number of sulfonamides is 1. The van der Waals surface area contributed by atoms with Crippen molar-refractivity contribution in [2.24, 2.45) is 7.05 Å². The van der Waals surface area contributed by atoms with Crippen LogP contribution >= 0.6 is 0 Å². The van der Waals surface area contributed by atoms with Crippen molar-refractivity contribution >= 4 is 21.1 Å². The highest BCUT2D eigenvalue weighted by Crippen LogP contribution is 2.32. The number of ether oxygens (including phenoxy) is 1. The molecule has 0 saturated carbocycles. The van der Waals surface area contributed by atoms with Crippen LogP contribution < -0.4 is 15.6 Å². The number of nitrogens with one attached hydrogen (secondary N) is 2. The SMILES string of the molecule is CCCc1nn(C)c2c(=O)[nH]c(-c3cc(S(=O)(=O)N4CC(C)NC(C)C4)ccc3OCC)nc12. The number of hydrogen-bond acceptors (Lipinski definition) is 7. The maximum Gasteiger partial charge on any atom is 0.277 e. The molecule has 0 spiro atoms. The van der Waals surface area contributed by atoms with E-state index in [-0.39, 0.29) is 28.4 Å². The van der Waals surface area contributed by atoms with Gasteiger partial charge >= 0.3 is 0 Å². The Balaban J connectivity index is 1.86. The number of aromatic amines is 1. The highest BCUT2D eigenvalue weighted by molar-refractivity contribution is 7.89. The second kappa shape index (κ2) is 9.47. The maximum atomic E-state index is 13.5. The second-order valence-corrected chi connectivity index (χ2v) is 10.8. The van der Waals surface area contributed by atoms with Crippen molar-refractivity contribution in [2.45, 2.75) is 57.5 Å². The van der Waals surface area contributed by atoms with E-state index in [1.165, 1.54) is 15.1 Å². The van der Waals surface area contributed by atoms with E-state index in [4.69, 9.17) is 9.72 Å². The smallest absolute Gasteiger partial charge is 0.277 e. The quantitative estimate of drug-likeness (QED) is 0.522. The summed E-state index contributed by atoms with van der Waals surface area (Å²) in [5, 5.41) is 7.81. The Bertz CT molecular complexity index is 1350. The van der Waals surface area contributed by atoms with Crippen LogP contribution in [0.1, 0.15) is 39.8 Å². The van der Waals surface area contributed by atoms with E-state index in [0.29, 0.717) is 48.5 Å². The second-order valence-electron chi connectivity index (χ2n) is 8.81. The molecule has 1 aliphatic heterocycles. The molecule has 34 heavy (non-hydrogen) atoms. The van der Waals surface area contributed by atoms with Crippen LogP contribution in [0.15, 0.2) is 27.9 Å². The first-order valence-electron chi connectivity index (χ1n) is 11.6. The van der Waals surface area contributed by atoms with Gasteiger partial charge in [0.1, 0.15) is 17.1 Å². The number of aryl methyl sites for hydroxylation is 2. The Kier molecular flexibility index (Phi) is 6.79. The van der Waals surface area contributed by atoms with Crippen molar-refractivity contribution in [1.82, 2.24) is 29.4 Å². The zero-order valence-corrected chi connectivity index (χ0v) is 21.1. The Morgan fingerprint density at radius 2 is 1.88 bits per heavy atom. The summed E-state index contributed by atoms with van der Waals surface area (Å²) >= 11 is 0. The van der Waals surface area contributed by atoms with Gasteiger partial charge in [0.05, 0.1) is 22.8 Å². The molecule has 2 unspecified atom stereocenters. The predicted octanol–water partition coefficient (Wildman–Crippen LogP) is 2.05. The fourth-order valence-electron chi connectivity index (χ4n) is 4.54. The molecule has 0 aliphatic carbocycles. The van der Waals surface area contributed by atoms with Gasteiger partial charge in [-0.25, -0.2) is 13.4 Å². The van der Waals surface area contributed by atoms with Gasteiger partial charge in [0.25, 0.3) is 5.56 Å². The van der Waals surface area contributed by atoms with E-state index in [9.17, 15) is 13.2 Å². The molecular formula is C23H32N6O4S. The lowest BCUT2D eigenvalue weighted by molar-refractivity contribution is 0.263. The normalized spacial score (nSPS) is 19.6. The molecule has 184 valence electrons. The third kappa shape index (κ3) is 4.47. The molecule has 4 rings (SSSR count). The Hall–Kier alpha value is -2.76. The lowest BCUT2D eigenvalue weighted by Gasteiger charge is -2.35. The van der Waals surface area contributed by atoms with E-state index in [2.05, 4.69) is 15.4 Å². The molecule has 2 N–H and O–H groups in total. The first-order valence-corrected chi connectivity index (χ1v) is 13.1. The summed E-state index contributed by atoms with van der Waals surface area (Å²) in [5.74, 6) is 0.706. The number of H-pyrrole nitrogens is 1. The topological polar surface area (TPSA) is 122 Å². The van der Waals surface area contributed by atoms with Crippen LogP contribution in [0.3, 0.4) is 0 Å². The molecule has 2 aromatic heterocycles. The molecule has 1 saturated heterocycles. The highest BCUT2D eigenvalue weighted by Gasteiger charge is 2.32. The van der Waals surface area contributed by atoms with Crippen molar-refractivity contribution in [2.75, 3.05) is 19.7 Å². The maximum absolute atomic E-state index is 13.5. The standard InChI is InChI=1S/C23H32N6O4S/c1-6-8-18-20-21(28(5)27-18)23(30)26-22(25-20)17-11-16(9-10-19(17)33-7-2)34(31,32)29-12-14(3)24-15(4)13-29/h9-11,14-15,24H,6-8,12-13H2,1-5H3,(H,25,26,30). The molecule has 2 atom stereocenters. The third-order valence-corrected chi connectivity index (χ3v) is 7.74. The highest BCUT2D eigenvalue weighted by atomic mass is 32.2. The zero-order valence-electron chi connectivity index (χ0n) is 20.3. The van der Waals surface area contributed by atoms with Crippen LogP contribution in [0.2, 0.25) is 0 Å². The van der Waals surface area contributed by atoms with Gasteiger partial charge in [-0.2, -0.15) is 9.40 Å². The number of benzene rings is 1. The first kappa shape index (κ1) is 24.4. The summed E-state index contributed by atoms with van der Waals surface area (Å²) in [6.07, 6.45) is 1.54. The van der Waals surface area contributed by atoms with Crippen molar-refractivity contribution in [1.29, 1.82) is 0 Å². The first-order chi connectivity index (χ1) is 16.1. The summed E-state index contributed by atoms with van der Waals surface area (Å²) in [7, 11) is -2.04. The van der Waals surface area contributed by atoms with Crippen LogP contribution in [0, 0.1) is 0 Å².